The lowest BCUT2D eigenvalue weighted by molar-refractivity contribution is -0.0859. The first-order valence-electron chi connectivity index (χ1n) is 11.1. The predicted molar refractivity (Wildman–Crippen MR) is 120 cm³/mol. The molecule has 166 valence electrons. The molecule has 0 unspecified atom stereocenters. The maximum Gasteiger partial charge on any atom is 0.410 e. The molecule has 0 bridgehead atoms. The number of carbonyl (C=O) groups excluding carboxylic acids is 1. The number of aromatic nitrogens is 1. The molecule has 4 rings (SSSR count). The van der Waals surface area contributed by atoms with Crippen LogP contribution in [0.15, 0.2) is 47.4 Å². The maximum atomic E-state index is 12.7. The summed E-state index contributed by atoms with van der Waals surface area (Å²) in [5.74, 6) is 0. The van der Waals surface area contributed by atoms with Crippen LogP contribution in [0, 0.1) is 0 Å². The molecule has 2 heterocycles. The number of pyridine rings is 1. The van der Waals surface area contributed by atoms with Crippen LogP contribution in [0.25, 0.3) is 11.1 Å². The van der Waals surface area contributed by atoms with Crippen molar-refractivity contribution < 1.29 is 14.6 Å². The highest BCUT2D eigenvalue weighted by molar-refractivity contribution is 5.70. The highest BCUT2D eigenvalue weighted by atomic mass is 16.6. The van der Waals surface area contributed by atoms with Crippen molar-refractivity contribution in [1.29, 1.82) is 0 Å². The molecular weight excluding hydrogens is 392 g/mol. The van der Waals surface area contributed by atoms with E-state index in [1.54, 1.807) is 24.8 Å². The van der Waals surface area contributed by atoms with Crippen molar-refractivity contribution >= 4 is 6.09 Å². The second-order valence-corrected chi connectivity index (χ2v) is 9.94. The van der Waals surface area contributed by atoms with Gasteiger partial charge in [-0.15, -0.1) is 0 Å². The summed E-state index contributed by atoms with van der Waals surface area (Å²) in [5, 5.41) is 10.1. The van der Waals surface area contributed by atoms with E-state index in [0.29, 0.717) is 25.4 Å². The third-order valence-corrected chi connectivity index (χ3v) is 6.34. The Balaban J connectivity index is 1.45. The van der Waals surface area contributed by atoms with Crippen molar-refractivity contribution in [3.8, 4) is 11.1 Å². The molecule has 2 aromatic rings. The second-order valence-electron chi connectivity index (χ2n) is 9.94. The molecule has 0 spiro atoms. The van der Waals surface area contributed by atoms with Gasteiger partial charge in [-0.25, -0.2) is 4.79 Å². The standard InChI is InChI=1S/C25H32N2O4/c1-17(26-14-12-25(4,31-23(26)29)16-24(2,3)30)18-5-7-19(8-6-18)20-11-13-27(21-9-10-21)22(28)15-20/h5-8,11,13,15,17,21,30H,9-10,12,14,16H2,1-4H3/t17-,25-/m0/s1. The molecule has 0 radical (unpaired) electrons. The number of aliphatic hydroxyl groups is 1. The summed E-state index contributed by atoms with van der Waals surface area (Å²) in [6.45, 7) is 7.92. The predicted octanol–water partition coefficient (Wildman–Crippen LogP) is 4.67. The van der Waals surface area contributed by atoms with Gasteiger partial charge in [0.2, 0.25) is 0 Å². The smallest absolute Gasteiger partial charge is 0.410 e. The lowest BCUT2D eigenvalue weighted by Crippen LogP contribution is -2.51. The summed E-state index contributed by atoms with van der Waals surface area (Å²) < 4.78 is 7.55. The zero-order valence-corrected chi connectivity index (χ0v) is 18.8. The first kappa shape index (κ1) is 21.6. The van der Waals surface area contributed by atoms with Crippen molar-refractivity contribution in [3.63, 3.8) is 0 Å². The molecule has 1 aromatic heterocycles. The van der Waals surface area contributed by atoms with Gasteiger partial charge >= 0.3 is 6.09 Å². The Morgan fingerprint density at radius 1 is 1.16 bits per heavy atom. The minimum atomic E-state index is -0.891. The second kappa shape index (κ2) is 7.83. The van der Waals surface area contributed by atoms with Crippen molar-refractivity contribution in [2.24, 2.45) is 0 Å². The summed E-state index contributed by atoms with van der Waals surface area (Å²) in [5.41, 5.74) is 1.39. The summed E-state index contributed by atoms with van der Waals surface area (Å²) in [7, 11) is 0. The Morgan fingerprint density at radius 2 is 1.84 bits per heavy atom. The molecule has 1 aromatic carbocycles. The Hall–Kier alpha value is -2.60. The number of hydrogen-bond donors (Lipinski definition) is 1. The number of benzene rings is 1. The van der Waals surface area contributed by atoms with E-state index in [9.17, 15) is 14.7 Å². The monoisotopic (exact) mass is 424 g/mol. The van der Waals surface area contributed by atoms with Crippen LogP contribution in [0.4, 0.5) is 4.79 Å². The van der Waals surface area contributed by atoms with Gasteiger partial charge in [0.25, 0.3) is 5.56 Å². The topological polar surface area (TPSA) is 71.8 Å². The molecule has 1 saturated carbocycles. The Kier molecular flexibility index (Phi) is 5.46. The van der Waals surface area contributed by atoms with Crippen LogP contribution in [0.3, 0.4) is 0 Å². The van der Waals surface area contributed by atoms with Crippen molar-refractivity contribution in [3.05, 3.63) is 58.5 Å². The molecule has 1 N–H and O–H groups in total. The minimum Gasteiger partial charge on any atom is -0.443 e. The van der Waals surface area contributed by atoms with Crippen molar-refractivity contribution in [2.75, 3.05) is 6.54 Å². The van der Waals surface area contributed by atoms with Gasteiger partial charge in [0.1, 0.15) is 5.60 Å². The molecule has 1 amide bonds. The molecule has 1 saturated heterocycles. The van der Waals surface area contributed by atoms with Gasteiger partial charge < -0.3 is 19.3 Å². The summed E-state index contributed by atoms with van der Waals surface area (Å²) in [6.07, 6.45) is 4.78. The number of hydrogen-bond acceptors (Lipinski definition) is 4. The SMILES string of the molecule is C[C@@H](c1ccc(-c2ccn(C3CC3)c(=O)c2)cc1)N1CC[C@@](C)(CC(C)(C)O)OC1=O. The Labute approximate surface area is 183 Å². The largest absolute Gasteiger partial charge is 0.443 e. The normalized spacial score (nSPS) is 22.9. The fourth-order valence-corrected chi connectivity index (χ4v) is 4.62. The van der Waals surface area contributed by atoms with Crippen molar-refractivity contribution in [1.82, 2.24) is 9.47 Å². The lowest BCUT2D eigenvalue weighted by atomic mass is 9.87. The van der Waals surface area contributed by atoms with Crippen LogP contribution in [0.5, 0.6) is 0 Å². The summed E-state index contributed by atoms with van der Waals surface area (Å²) in [4.78, 5) is 26.8. The van der Waals surface area contributed by atoms with Crippen LogP contribution in [-0.4, -0.2) is 38.4 Å². The van der Waals surface area contributed by atoms with E-state index < -0.39 is 11.2 Å². The fourth-order valence-electron chi connectivity index (χ4n) is 4.62. The minimum absolute atomic E-state index is 0.0441. The van der Waals surface area contributed by atoms with Crippen molar-refractivity contribution in [2.45, 2.75) is 76.7 Å². The molecule has 2 atom stereocenters. The maximum absolute atomic E-state index is 12.7. The molecule has 31 heavy (non-hydrogen) atoms. The third-order valence-electron chi connectivity index (χ3n) is 6.34. The van der Waals surface area contributed by atoms with E-state index in [-0.39, 0.29) is 17.7 Å². The van der Waals surface area contributed by atoms with E-state index >= 15 is 0 Å². The van der Waals surface area contributed by atoms with E-state index in [1.807, 2.05) is 54.9 Å². The van der Waals surface area contributed by atoms with E-state index in [0.717, 1.165) is 29.5 Å². The average Bonchev–Trinajstić information content (AvgIpc) is 3.51. The van der Waals surface area contributed by atoms with E-state index in [1.165, 1.54) is 0 Å². The Morgan fingerprint density at radius 3 is 2.39 bits per heavy atom. The number of ether oxygens (including phenoxy) is 1. The van der Waals surface area contributed by atoms with Crippen LogP contribution in [0.1, 0.15) is 71.0 Å². The van der Waals surface area contributed by atoms with Gasteiger partial charge in [-0.2, -0.15) is 0 Å². The highest BCUT2D eigenvalue weighted by Crippen LogP contribution is 2.35. The zero-order valence-electron chi connectivity index (χ0n) is 18.8. The van der Waals surface area contributed by atoms with Gasteiger partial charge in [-0.3, -0.25) is 4.79 Å². The zero-order chi connectivity index (χ0) is 22.4. The fraction of sp³-hybridized carbons (Fsp3) is 0.520. The van der Waals surface area contributed by atoms with Gasteiger partial charge in [0, 0.05) is 37.7 Å². The number of carbonyl (C=O) groups is 1. The molecule has 2 fully saturated rings. The quantitative estimate of drug-likeness (QED) is 0.731. The van der Waals surface area contributed by atoms with Gasteiger partial charge in [-0.05, 0) is 63.3 Å². The third kappa shape index (κ3) is 4.85. The number of amides is 1. The molecule has 2 aliphatic rings. The van der Waals surface area contributed by atoms with Crippen LogP contribution in [-0.2, 0) is 4.74 Å². The van der Waals surface area contributed by atoms with Crippen LogP contribution >= 0.6 is 0 Å². The summed E-state index contributed by atoms with van der Waals surface area (Å²) >= 11 is 0. The first-order chi connectivity index (χ1) is 14.5. The van der Waals surface area contributed by atoms with Crippen LogP contribution < -0.4 is 5.56 Å². The average molecular weight is 425 g/mol. The molecular formula is C25H32N2O4. The molecule has 1 aliphatic carbocycles. The summed E-state index contributed by atoms with van der Waals surface area (Å²) in [6, 6.07) is 11.9. The molecule has 6 nitrogen and oxygen atoms in total. The number of cyclic esters (lactones) is 1. The van der Waals surface area contributed by atoms with E-state index in [2.05, 4.69) is 0 Å². The lowest BCUT2D eigenvalue weighted by Gasteiger charge is -2.43. The van der Waals surface area contributed by atoms with Gasteiger partial charge in [0.05, 0.1) is 11.6 Å². The Bertz CT molecular complexity index is 1020. The van der Waals surface area contributed by atoms with E-state index in [4.69, 9.17) is 4.74 Å². The van der Waals surface area contributed by atoms with Crippen LogP contribution in [0.2, 0.25) is 0 Å². The molecule has 1 aliphatic heterocycles. The van der Waals surface area contributed by atoms with Gasteiger partial charge in [-0.1, -0.05) is 24.3 Å². The van der Waals surface area contributed by atoms with Gasteiger partial charge in [0.15, 0.2) is 0 Å². The number of nitrogens with zero attached hydrogens (tertiary/aromatic N) is 2. The first-order valence-corrected chi connectivity index (χ1v) is 11.1. The number of rotatable bonds is 6. The highest BCUT2D eigenvalue weighted by Gasteiger charge is 2.41. The molecule has 6 heteroatoms.